The van der Waals surface area contributed by atoms with Gasteiger partial charge in [-0.3, -0.25) is 4.98 Å². The molecule has 2 heterocycles. The van der Waals surface area contributed by atoms with Gasteiger partial charge in [0.25, 0.3) is 0 Å². The van der Waals surface area contributed by atoms with E-state index in [0.29, 0.717) is 23.3 Å². The topological polar surface area (TPSA) is 95.2 Å². The zero-order valence-electron chi connectivity index (χ0n) is 18.7. The van der Waals surface area contributed by atoms with Gasteiger partial charge in [0.1, 0.15) is 5.75 Å². The van der Waals surface area contributed by atoms with E-state index in [1.807, 2.05) is 12.1 Å². The number of benzene rings is 1. The lowest BCUT2D eigenvalue weighted by Crippen LogP contribution is -2.19. The fourth-order valence-corrected chi connectivity index (χ4v) is 4.58. The van der Waals surface area contributed by atoms with Crippen molar-refractivity contribution in [3.05, 3.63) is 54.3 Å². The second kappa shape index (κ2) is 9.40. The van der Waals surface area contributed by atoms with E-state index < -0.39 is 9.84 Å². The first kappa shape index (κ1) is 22.5. The van der Waals surface area contributed by atoms with Gasteiger partial charge in [0.2, 0.25) is 5.89 Å². The van der Waals surface area contributed by atoms with E-state index in [-0.39, 0.29) is 5.92 Å². The molecule has 4 rings (SSSR count). The van der Waals surface area contributed by atoms with E-state index in [4.69, 9.17) is 9.26 Å². The van der Waals surface area contributed by atoms with Crippen LogP contribution in [-0.4, -0.2) is 36.4 Å². The lowest BCUT2D eigenvalue weighted by atomic mass is 9.82. The van der Waals surface area contributed by atoms with Crippen molar-refractivity contribution in [2.24, 2.45) is 5.92 Å². The molecule has 2 aromatic heterocycles. The highest BCUT2D eigenvalue weighted by Crippen LogP contribution is 2.35. The Bertz CT molecular complexity index is 1130. The number of rotatable bonds is 7. The summed E-state index contributed by atoms with van der Waals surface area (Å²) in [5.74, 6) is 3.43. The Morgan fingerprint density at radius 1 is 1.06 bits per heavy atom. The van der Waals surface area contributed by atoms with E-state index in [0.717, 1.165) is 54.4 Å². The van der Waals surface area contributed by atoms with E-state index in [1.54, 1.807) is 30.5 Å². The lowest BCUT2D eigenvalue weighted by molar-refractivity contribution is 0.189. The standard InChI is InChI=1S/C24H29N3O4S/c1-16(2)23-26-24(31-27-23)19-6-4-17(5-7-19)15-30-20-10-13-22(25-14-20)18-8-11-21(12-9-18)32(3,28)29/h8-14,16-17,19H,4-7,15H2,1-3H3. The molecule has 1 aliphatic carbocycles. The van der Waals surface area contributed by atoms with Crippen LogP contribution in [0.1, 0.15) is 63.1 Å². The van der Waals surface area contributed by atoms with E-state index >= 15 is 0 Å². The summed E-state index contributed by atoms with van der Waals surface area (Å²) in [6.07, 6.45) is 7.14. The van der Waals surface area contributed by atoms with Gasteiger partial charge in [0, 0.05) is 23.7 Å². The molecule has 1 saturated carbocycles. The van der Waals surface area contributed by atoms with Gasteiger partial charge in [0.05, 0.1) is 23.4 Å². The summed E-state index contributed by atoms with van der Waals surface area (Å²) in [7, 11) is -3.20. The fraction of sp³-hybridized carbons (Fsp3) is 0.458. The third-order valence-electron chi connectivity index (χ3n) is 5.97. The van der Waals surface area contributed by atoms with E-state index in [2.05, 4.69) is 29.0 Å². The second-order valence-electron chi connectivity index (χ2n) is 8.85. The van der Waals surface area contributed by atoms with Gasteiger partial charge in [0.15, 0.2) is 15.7 Å². The molecule has 170 valence electrons. The molecule has 7 nitrogen and oxygen atoms in total. The highest BCUT2D eigenvalue weighted by molar-refractivity contribution is 7.90. The minimum Gasteiger partial charge on any atom is -0.492 e. The van der Waals surface area contributed by atoms with Crippen LogP contribution in [0.2, 0.25) is 0 Å². The third-order valence-corrected chi connectivity index (χ3v) is 7.10. The molecule has 1 aromatic carbocycles. The highest BCUT2D eigenvalue weighted by Gasteiger charge is 2.27. The Balaban J connectivity index is 1.27. The van der Waals surface area contributed by atoms with Gasteiger partial charge in [-0.1, -0.05) is 31.1 Å². The number of aromatic nitrogens is 3. The fourth-order valence-electron chi connectivity index (χ4n) is 3.95. The molecular formula is C24H29N3O4S. The van der Waals surface area contributed by atoms with Crippen LogP contribution in [0.15, 0.2) is 52.0 Å². The zero-order chi connectivity index (χ0) is 22.7. The van der Waals surface area contributed by atoms with Crippen LogP contribution in [-0.2, 0) is 9.84 Å². The SMILES string of the molecule is CC(C)c1noc(C2CCC(COc3ccc(-c4ccc(S(C)(=O)=O)cc4)nc3)CC2)n1. The summed E-state index contributed by atoms with van der Waals surface area (Å²) in [6.45, 7) is 4.80. The molecule has 0 N–H and O–H groups in total. The molecule has 0 unspecified atom stereocenters. The van der Waals surface area contributed by atoms with Crippen LogP contribution in [0.3, 0.4) is 0 Å². The Labute approximate surface area is 189 Å². The first-order chi connectivity index (χ1) is 15.3. The number of sulfone groups is 1. The van der Waals surface area contributed by atoms with Crippen LogP contribution < -0.4 is 4.74 Å². The van der Waals surface area contributed by atoms with Crippen LogP contribution in [0.5, 0.6) is 5.75 Å². The molecule has 0 bridgehead atoms. The molecule has 3 aromatic rings. The Hall–Kier alpha value is -2.74. The number of nitrogens with zero attached hydrogens (tertiary/aromatic N) is 3. The van der Waals surface area contributed by atoms with Crippen molar-refractivity contribution in [2.75, 3.05) is 12.9 Å². The van der Waals surface area contributed by atoms with E-state index in [1.165, 1.54) is 6.26 Å². The van der Waals surface area contributed by atoms with Crippen molar-refractivity contribution in [2.45, 2.75) is 56.3 Å². The van der Waals surface area contributed by atoms with Gasteiger partial charge in [-0.25, -0.2) is 8.42 Å². The smallest absolute Gasteiger partial charge is 0.229 e. The van der Waals surface area contributed by atoms with Gasteiger partial charge in [-0.05, 0) is 55.9 Å². The van der Waals surface area contributed by atoms with Crippen LogP contribution in [0.4, 0.5) is 0 Å². The first-order valence-corrected chi connectivity index (χ1v) is 12.9. The van der Waals surface area contributed by atoms with Crippen LogP contribution in [0.25, 0.3) is 11.3 Å². The predicted octanol–water partition coefficient (Wildman–Crippen LogP) is 5.01. The molecular weight excluding hydrogens is 426 g/mol. The number of hydrogen-bond acceptors (Lipinski definition) is 7. The van der Waals surface area contributed by atoms with Crippen molar-refractivity contribution >= 4 is 9.84 Å². The molecule has 1 fully saturated rings. The van der Waals surface area contributed by atoms with Gasteiger partial charge in [-0.2, -0.15) is 4.98 Å². The average Bonchev–Trinajstić information content (AvgIpc) is 3.29. The summed E-state index contributed by atoms with van der Waals surface area (Å²) in [5.41, 5.74) is 1.64. The zero-order valence-corrected chi connectivity index (χ0v) is 19.5. The van der Waals surface area contributed by atoms with Crippen molar-refractivity contribution in [1.82, 2.24) is 15.1 Å². The molecule has 0 saturated heterocycles. The summed E-state index contributed by atoms with van der Waals surface area (Å²) < 4.78 is 34.7. The number of hydrogen-bond donors (Lipinski definition) is 0. The van der Waals surface area contributed by atoms with Gasteiger partial charge < -0.3 is 9.26 Å². The maximum Gasteiger partial charge on any atom is 0.229 e. The molecule has 0 spiro atoms. The maximum absolute atomic E-state index is 11.6. The minimum absolute atomic E-state index is 0.282. The summed E-state index contributed by atoms with van der Waals surface area (Å²) >= 11 is 0. The largest absolute Gasteiger partial charge is 0.492 e. The van der Waals surface area contributed by atoms with E-state index in [9.17, 15) is 8.42 Å². The van der Waals surface area contributed by atoms with Crippen LogP contribution >= 0.6 is 0 Å². The van der Waals surface area contributed by atoms with Crippen molar-refractivity contribution in [3.63, 3.8) is 0 Å². The van der Waals surface area contributed by atoms with Crippen molar-refractivity contribution in [3.8, 4) is 17.0 Å². The lowest BCUT2D eigenvalue weighted by Gasteiger charge is -2.26. The maximum atomic E-state index is 11.6. The molecule has 0 radical (unpaired) electrons. The van der Waals surface area contributed by atoms with Gasteiger partial charge >= 0.3 is 0 Å². The summed E-state index contributed by atoms with van der Waals surface area (Å²) in [5, 5.41) is 4.09. The van der Waals surface area contributed by atoms with Crippen molar-refractivity contribution < 1.29 is 17.7 Å². The third kappa shape index (κ3) is 5.35. The monoisotopic (exact) mass is 455 g/mol. The van der Waals surface area contributed by atoms with Crippen LogP contribution in [0, 0.1) is 5.92 Å². The number of pyridine rings is 1. The molecule has 0 atom stereocenters. The summed E-state index contributed by atoms with van der Waals surface area (Å²) in [6, 6.07) is 10.5. The Kier molecular flexibility index (Phi) is 6.60. The van der Waals surface area contributed by atoms with Crippen molar-refractivity contribution in [1.29, 1.82) is 0 Å². The Morgan fingerprint density at radius 2 is 1.78 bits per heavy atom. The minimum atomic E-state index is -3.20. The van der Waals surface area contributed by atoms with Gasteiger partial charge in [-0.15, -0.1) is 0 Å². The molecule has 8 heteroatoms. The quantitative estimate of drug-likeness (QED) is 0.494. The molecule has 0 amide bonds. The Morgan fingerprint density at radius 3 is 2.34 bits per heavy atom. The number of ether oxygens (including phenoxy) is 1. The highest BCUT2D eigenvalue weighted by atomic mass is 32.2. The molecule has 32 heavy (non-hydrogen) atoms. The normalized spacial score (nSPS) is 19.2. The second-order valence-corrected chi connectivity index (χ2v) is 10.9. The molecule has 0 aliphatic heterocycles. The predicted molar refractivity (Wildman–Crippen MR) is 121 cm³/mol. The first-order valence-electron chi connectivity index (χ1n) is 11.0. The average molecular weight is 456 g/mol. The molecule has 1 aliphatic rings. The summed E-state index contributed by atoms with van der Waals surface area (Å²) in [4.78, 5) is 9.33.